The number of ketones is 1. The molecule has 1 unspecified atom stereocenters. The van der Waals surface area contributed by atoms with Crippen LogP contribution in [0, 0.1) is 0 Å². The van der Waals surface area contributed by atoms with Crippen molar-refractivity contribution >= 4 is 17.4 Å². The van der Waals surface area contributed by atoms with Crippen molar-refractivity contribution in [3.63, 3.8) is 0 Å². The summed E-state index contributed by atoms with van der Waals surface area (Å²) < 4.78 is 12.8. The molecule has 4 rings (SSSR count). The maximum absolute atomic E-state index is 13.0. The number of aliphatic hydroxyl groups excluding tert-OH is 1. The van der Waals surface area contributed by atoms with Crippen molar-refractivity contribution < 1.29 is 24.2 Å². The maximum atomic E-state index is 13.0. The van der Waals surface area contributed by atoms with E-state index >= 15 is 0 Å². The highest BCUT2D eigenvalue weighted by atomic mass is 16.7. The van der Waals surface area contributed by atoms with E-state index in [0.717, 1.165) is 23.2 Å². The van der Waals surface area contributed by atoms with Gasteiger partial charge in [-0.25, -0.2) is 0 Å². The van der Waals surface area contributed by atoms with Crippen LogP contribution in [0.1, 0.15) is 63.1 Å². The molecule has 7 heteroatoms. The molecule has 0 radical (unpaired) electrons. The van der Waals surface area contributed by atoms with Crippen LogP contribution in [0.15, 0.2) is 85.5 Å². The van der Waals surface area contributed by atoms with E-state index in [1.165, 1.54) is 6.92 Å². The van der Waals surface area contributed by atoms with Gasteiger partial charge in [0.1, 0.15) is 0 Å². The van der Waals surface area contributed by atoms with Crippen LogP contribution in [-0.4, -0.2) is 47.9 Å². The van der Waals surface area contributed by atoms with Gasteiger partial charge in [0.25, 0.3) is 5.91 Å². The number of carbonyl (C=O) groups excluding carboxylic acids is 2. The number of carbonyl (C=O) groups is 2. The minimum Gasteiger partial charge on any atom is -0.392 e. The van der Waals surface area contributed by atoms with Gasteiger partial charge in [-0.05, 0) is 49.4 Å². The van der Waals surface area contributed by atoms with Gasteiger partial charge in [-0.3, -0.25) is 9.59 Å². The van der Waals surface area contributed by atoms with Crippen LogP contribution in [0.2, 0.25) is 0 Å². The molecule has 38 heavy (non-hydrogen) atoms. The molecule has 0 aromatic heterocycles. The Morgan fingerprint density at radius 1 is 1.03 bits per heavy atom. The Morgan fingerprint density at radius 3 is 2.47 bits per heavy atom. The second-order valence-corrected chi connectivity index (χ2v) is 9.58. The third-order valence-corrected chi connectivity index (χ3v) is 6.52. The first-order valence-electron chi connectivity index (χ1n) is 12.7. The number of hydrogen-bond donors (Lipinski definition) is 2. The van der Waals surface area contributed by atoms with Crippen LogP contribution in [0.3, 0.4) is 0 Å². The number of nitrogens with zero attached hydrogens (tertiary/aromatic N) is 1. The summed E-state index contributed by atoms with van der Waals surface area (Å²) in [6, 6.07) is 21.8. The van der Waals surface area contributed by atoms with Crippen molar-refractivity contribution in [3.05, 3.63) is 113 Å². The van der Waals surface area contributed by atoms with Crippen LogP contribution in [0.25, 0.3) is 0 Å². The van der Waals surface area contributed by atoms with Gasteiger partial charge >= 0.3 is 0 Å². The van der Waals surface area contributed by atoms with Gasteiger partial charge in [0.15, 0.2) is 12.1 Å². The number of hydrogen-bond acceptors (Lipinski definition) is 6. The Labute approximate surface area is 223 Å². The molecule has 1 amide bonds. The third-order valence-electron chi connectivity index (χ3n) is 6.52. The average molecular weight is 515 g/mol. The van der Waals surface area contributed by atoms with Gasteiger partial charge in [0.05, 0.1) is 18.8 Å². The SMILES string of the molecule is C=CCN(C)C[C@@H]1C[C@H](c2ccc(CO)cc2)OC(c2cccc(C(=O)Nc3cccc(C(C)=O)c3)c2)O1. The average Bonchev–Trinajstić information content (AvgIpc) is 2.93. The zero-order valence-electron chi connectivity index (χ0n) is 21.8. The van der Waals surface area contributed by atoms with Crippen LogP contribution in [0.4, 0.5) is 5.69 Å². The molecular weight excluding hydrogens is 480 g/mol. The zero-order valence-corrected chi connectivity index (χ0v) is 21.8. The number of ether oxygens (including phenoxy) is 2. The molecule has 1 aliphatic heterocycles. The summed E-state index contributed by atoms with van der Waals surface area (Å²) in [6.07, 6.45) is 1.55. The second-order valence-electron chi connectivity index (χ2n) is 9.58. The van der Waals surface area contributed by atoms with E-state index in [4.69, 9.17) is 9.47 Å². The monoisotopic (exact) mass is 514 g/mol. The predicted octanol–water partition coefficient (Wildman–Crippen LogP) is 5.30. The Morgan fingerprint density at radius 2 is 1.76 bits per heavy atom. The van der Waals surface area contributed by atoms with E-state index in [1.807, 2.05) is 49.5 Å². The summed E-state index contributed by atoms with van der Waals surface area (Å²) in [4.78, 5) is 26.9. The molecule has 0 saturated carbocycles. The van der Waals surface area contributed by atoms with E-state index in [-0.39, 0.29) is 30.5 Å². The fourth-order valence-electron chi connectivity index (χ4n) is 4.52. The van der Waals surface area contributed by atoms with Crippen molar-refractivity contribution in [2.75, 3.05) is 25.5 Å². The lowest BCUT2D eigenvalue weighted by atomic mass is 9.99. The van der Waals surface area contributed by atoms with Gasteiger partial charge in [-0.2, -0.15) is 0 Å². The quantitative estimate of drug-likeness (QED) is 0.282. The molecule has 3 aromatic carbocycles. The topological polar surface area (TPSA) is 88.1 Å². The zero-order chi connectivity index (χ0) is 27.1. The largest absolute Gasteiger partial charge is 0.392 e. The summed E-state index contributed by atoms with van der Waals surface area (Å²) in [5.74, 6) is -0.356. The highest BCUT2D eigenvalue weighted by molar-refractivity contribution is 6.05. The minimum atomic E-state index is -0.665. The molecular formula is C31H34N2O5. The van der Waals surface area contributed by atoms with Crippen molar-refractivity contribution in [2.45, 2.75) is 38.4 Å². The fourth-order valence-corrected chi connectivity index (χ4v) is 4.52. The first-order valence-corrected chi connectivity index (χ1v) is 12.7. The van der Waals surface area contributed by atoms with Gasteiger partial charge in [-0.15, -0.1) is 6.58 Å². The van der Waals surface area contributed by atoms with Crippen LogP contribution in [-0.2, 0) is 16.1 Å². The number of aliphatic hydroxyl groups is 1. The van der Waals surface area contributed by atoms with Crippen molar-refractivity contribution in [3.8, 4) is 0 Å². The Kier molecular flexibility index (Phi) is 9.20. The standard InChI is InChI=1S/C31H34N2O5/c1-4-15-33(3)19-28-18-29(23-13-11-22(20-34)12-14-23)38-31(37-28)26-9-5-8-25(16-26)30(36)32-27-10-6-7-24(17-27)21(2)35/h4-14,16-17,28-29,31,34H,1,15,18-20H2,2-3H3,(H,32,36)/t28-,29+,31?/m0/s1. The first kappa shape index (κ1) is 27.4. The number of nitrogens with one attached hydrogen (secondary N) is 1. The molecule has 3 aromatic rings. The van der Waals surface area contributed by atoms with Crippen molar-refractivity contribution in [1.82, 2.24) is 4.90 Å². The first-order chi connectivity index (χ1) is 18.4. The Balaban J connectivity index is 1.55. The van der Waals surface area contributed by atoms with Gasteiger partial charge in [0, 0.05) is 41.9 Å². The summed E-state index contributed by atoms with van der Waals surface area (Å²) in [5.41, 5.74) is 4.13. The van der Waals surface area contributed by atoms with Gasteiger partial charge < -0.3 is 24.8 Å². The van der Waals surface area contributed by atoms with Crippen LogP contribution >= 0.6 is 0 Å². The highest BCUT2D eigenvalue weighted by Crippen LogP contribution is 2.38. The molecule has 1 heterocycles. The van der Waals surface area contributed by atoms with E-state index < -0.39 is 6.29 Å². The summed E-state index contributed by atoms with van der Waals surface area (Å²) in [6.45, 7) is 6.74. The molecule has 1 aliphatic rings. The number of likely N-dealkylation sites (N-methyl/N-ethyl adjacent to an activating group) is 1. The van der Waals surface area contributed by atoms with E-state index in [9.17, 15) is 14.7 Å². The molecule has 0 aliphatic carbocycles. The molecule has 1 saturated heterocycles. The molecule has 2 N–H and O–H groups in total. The molecule has 0 spiro atoms. The van der Waals surface area contributed by atoms with E-state index in [2.05, 4.69) is 16.8 Å². The van der Waals surface area contributed by atoms with Crippen LogP contribution < -0.4 is 5.32 Å². The molecule has 198 valence electrons. The lowest BCUT2D eigenvalue weighted by molar-refractivity contribution is -0.252. The summed E-state index contributed by atoms with van der Waals surface area (Å²) in [7, 11) is 2.02. The van der Waals surface area contributed by atoms with Crippen molar-refractivity contribution in [1.29, 1.82) is 0 Å². The molecule has 7 nitrogen and oxygen atoms in total. The molecule has 3 atom stereocenters. The second kappa shape index (κ2) is 12.8. The normalized spacial score (nSPS) is 19.2. The molecule has 0 bridgehead atoms. The van der Waals surface area contributed by atoms with E-state index in [1.54, 1.807) is 36.4 Å². The predicted molar refractivity (Wildman–Crippen MR) is 147 cm³/mol. The Bertz CT molecular complexity index is 1270. The number of Topliss-reactive ketones (excluding diaryl/α,β-unsaturated/α-hetero) is 1. The number of amides is 1. The Hall–Kier alpha value is -3.62. The minimum absolute atomic E-state index is 0.0135. The smallest absolute Gasteiger partial charge is 0.255 e. The summed E-state index contributed by atoms with van der Waals surface area (Å²) >= 11 is 0. The number of rotatable bonds is 10. The van der Waals surface area contributed by atoms with E-state index in [0.29, 0.717) is 29.8 Å². The maximum Gasteiger partial charge on any atom is 0.255 e. The van der Waals surface area contributed by atoms with Gasteiger partial charge in [-0.1, -0.05) is 54.6 Å². The highest BCUT2D eigenvalue weighted by Gasteiger charge is 2.33. The van der Waals surface area contributed by atoms with Crippen molar-refractivity contribution in [2.24, 2.45) is 0 Å². The number of benzene rings is 3. The summed E-state index contributed by atoms with van der Waals surface area (Å²) in [5, 5.41) is 12.3. The fraction of sp³-hybridized carbons (Fsp3) is 0.290. The van der Waals surface area contributed by atoms with Crippen LogP contribution in [0.5, 0.6) is 0 Å². The molecule has 1 fully saturated rings. The number of anilines is 1. The van der Waals surface area contributed by atoms with Gasteiger partial charge in [0.2, 0.25) is 0 Å². The lowest BCUT2D eigenvalue weighted by Gasteiger charge is -2.37. The lowest BCUT2D eigenvalue weighted by Crippen LogP contribution is -2.37. The third kappa shape index (κ3) is 7.02.